The minimum Gasteiger partial charge on any atom is -0.506 e. The zero-order valence-corrected chi connectivity index (χ0v) is 35.6. The number of aromatic hydroxyl groups is 1. The van der Waals surface area contributed by atoms with Crippen LogP contribution in [-0.2, 0) is 41.8 Å². The Balaban J connectivity index is 0.867. The summed E-state index contributed by atoms with van der Waals surface area (Å²) < 4.78 is 7.54. The molecule has 1 fully saturated rings. The number of hydrogen-bond donors (Lipinski definition) is 6. The third-order valence-corrected chi connectivity index (χ3v) is 12.0. The second-order valence-electron chi connectivity index (χ2n) is 16.4. The molecule has 0 bridgehead atoms. The number of fused-ring (bicyclic) bond motifs is 1. The van der Waals surface area contributed by atoms with Crippen molar-refractivity contribution in [1.82, 2.24) is 30.3 Å². The molecule has 1 saturated heterocycles. The molecule has 0 saturated carbocycles. The average molecular weight is 861 g/mol. The van der Waals surface area contributed by atoms with Crippen molar-refractivity contribution in [3.05, 3.63) is 189 Å². The van der Waals surface area contributed by atoms with Crippen LogP contribution < -0.4 is 16.2 Å². The fraction of sp³-hybridized carbons (Fsp3) is 0.255. The molecular formula is C51H52N6O7. The number of hydrogen-bond acceptors (Lipinski definition) is 10. The highest BCUT2D eigenvalue weighted by Gasteiger charge is 2.42. The molecule has 5 aromatic carbocycles. The summed E-state index contributed by atoms with van der Waals surface area (Å²) in [6.45, 7) is 3.90. The highest BCUT2D eigenvalue weighted by atomic mass is 16.5. The predicted octanol–water partition coefficient (Wildman–Crippen LogP) is 6.08. The molecule has 1 amide bonds. The lowest BCUT2D eigenvalue weighted by atomic mass is 9.85. The Morgan fingerprint density at radius 3 is 2.25 bits per heavy atom. The highest BCUT2D eigenvalue weighted by Crippen LogP contribution is 2.35. The van der Waals surface area contributed by atoms with Crippen LogP contribution in [0, 0.1) is 5.92 Å². The number of phenolic OH excluding ortho intramolecular Hbond substituents is 1. The van der Waals surface area contributed by atoms with E-state index in [1.54, 1.807) is 72.4 Å². The summed E-state index contributed by atoms with van der Waals surface area (Å²) in [5.74, 6) is -0.979. The predicted molar refractivity (Wildman–Crippen MR) is 244 cm³/mol. The first-order valence-electron chi connectivity index (χ1n) is 21.5. The number of aliphatic hydroxyl groups is 2. The van der Waals surface area contributed by atoms with Gasteiger partial charge in [0.2, 0.25) is 11.2 Å². The van der Waals surface area contributed by atoms with Crippen LogP contribution in [0.4, 0.5) is 0 Å². The number of piperidine rings is 1. The second kappa shape index (κ2) is 19.7. The number of aryl methyl sites for hydroxylation is 1. The third kappa shape index (κ3) is 9.98. The minimum absolute atomic E-state index is 0.0637. The number of ether oxygens (including phenoxy) is 1. The smallest absolute Gasteiger partial charge is 0.347 e. The van der Waals surface area contributed by atoms with E-state index >= 15 is 0 Å². The van der Waals surface area contributed by atoms with Crippen LogP contribution in [0.25, 0.3) is 22.2 Å². The van der Waals surface area contributed by atoms with E-state index in [2.05, 4.69) is 49.9 Å². The molecule has 1 aliphatic rings. The second-order valence-corrected chi connectivity index (χ2v) is 16.4. The number of benzene rings is 5. The maximum atomic E-state index is 14.0. The summed E-state index contributed by atoms with van der Waals surface area (Å²) in [6.07, 6.45) is 0.903. The molecule has 13 heteroatoms. The molecule has 0 spiro atoms. The van der Waals surface area contributed by atoms with Crippen molar-refractivity contribution in [2.45, 2.75) is 44.2 Å². The number of amides is 1. The van der Waals surface area contributed by atoms with Crippen molar-refractivity contribution in [2.24, 2.45) is 13.0 Å². The van der Waals surface area contributed by atoms with Crippen molar-refractivity contribution in [3.63, 3.8) is 0 Å². The van der Waals surface area contributed by atoms with Crippen molar-refractivity contribution >= 4 is 22.8 Å². The number of carbonyl (C=O) groups is 2. The van der Waals surface area contributed by atoms with Gasteiger partial charge >= 0.3 is 5.97 Å². The maximum Gasteiger partial charge on any atom is 0.347 e. The van der Waals surface area contributed by atoms with Gasteiger partial charge < -0.3 is 35.7 Å². The van der Waals surface area contributed by atoms with Gasteiger partial charge in [0.05, 0.1) is 23.9 Å². The van der Waals surface area contributed by atoms with Crippen LogP contribution in [0.3, 0.4) is 0 Å². The number of nitrogens with one attached hydrogen (secondary N) is 3. The molecule has 6 N–H and O–H groups in total. The van der Waals surface area contributed by atoms with Crippen molar-refractivity contribution in [1.29, 1.82) is 0 Å². The molecule has 2 unspecified atom stereocenters. The van der Waals surface area contributed by atoms with Crippen LogP contribution in [0.5, 0.6) is 5.75 Å². The summed E-state index contributed by atoms with van der Waals surface area (Å²) in [4.78, 5) is 44.2. The van der Waals surface area contributed by atoms with Gasteiger partial charge in [0.15, 0.2) is 5.69 Å². The Hall–Kier alpha value is -6.90. The average Bonchev–Trinajstić information content (AvgIpc) is 3.72. The number of carbonyl (C=O) groups excluding carboxylic acids is 2. The highest BCUT2D eigenvalue weighted by molar-refractivity contribution is 5.93. The Kier molecular flexibility index (Phi) is 13.4. The van der Waals surface area contributed by atoms with E-state index in [0.29, 0.717) is 39.9 Å². The normalized spacial score (nSPS) is 14.8. The monoisotopic (exact) mass is 860 g/mol. The Labute approximate surface area is 371 Å². The molecule has 13 nitrogen and oxygen atoms in total. The van der Waals surface area contributed by atoms with Crippen LogP contribution in [0.15, 0.2) is 144 Å². The summed E-state index contributed by atoms with van der Waals surface area (Å²) in [5, 5.41) is 44.6. The first-order valence-corrected chi connectivity index (χ1v) is 21.5. The number of rotatable bonds is 16. The van der Waals surface area contributed by atoms with Gasteiger partial charge in [-0.1, -0.05) is 109 Å². The first kappa shape index (κ1) is 43.7. The summed E-state index contributed by atoms with van der Waals surface area (Å²) in [7, 11) is 1.74. The zero-order valence-electron chi connectivity index (χ0n) is 35.6. The fourth-order valence-electron chi connectivity index (χ4n) is 8.35. The molecule has 0 aliphatic carbocycles. The summed E-state index contributed by atoms with van der Waals surface area (Å²) in [6, 6.07) is 41.7. The summed E-state index contributed by atoms with van der Waals surface area (Å²) >= 11 is 0. The molecular weight excluding hydrogens is 809 g/mol. The molecule has 2 aromatic heterocycles. The van der Waals surface area contributed by atoms with Gasteiger partial charge in [-0.15, -0.1) is 0 Å². The van der Waals surface area contributed by atoms with Crippen LogP contribution in [-0.4, -0.2) is 73.1 Å². The van der Waals surface area contributed by atoms with Crippen molar-refractivity contribution in [2.75, 3.05) is 26.2 Å². The number of nitrogens with zero attached hydrogens (tertiary/aromatic N) is 3. The quantitative estimate of drug-likeness (QED) is 0.0624. The van der Waals surface area contributed by atoms with E-state index in [9.17, 15) is 29.7 Å². The summed E-state index contributed by atoms with van der Waals surface area (Å²) in [5.41, 5.74) is 3.79. The number of H-pyrrole nitrogens is 1. The van der Waals surface area contributed by atoms with Gasteiger partial charge in [-0.05, 0) is 83.9 Å². The lowest BCUT2D eigenvalue weighted by molar-refractivity contribution is -0.164. The van der Waals surface area contributed by atoms with E-state index in [0.717, 1.165) is 43.6 Å². The molecule has 64 heavy (non-hydrogen) atoms. The van der Waals surface area contributed by atoms with Gasteiger partial charge in [0, 0.05) is 55.8 Å². The number of aromatic nitrogens is 3. The SMILES string of the molecule is Cn1nc(C(=O)NCc2ccc(CNCC(O)c3ccc(O)c4[nH]c(=O)ccc34)cc2)cc1-c1cccc(C(O)(C(=O)OCC2CCN(Cc3ccccc3)CC2)c2ccccc2)c1. The molecule has 8 rings (SSSR count). The fourth-order valence-corrected chi connectivity index (χ4v) is 8.35. The number of esters is 1. The van der Waals surface area contributed by atoms with E-state index in [1.165, 1.54) is 17.7 Å². The zero-order chi connectivity index (χ0) is 44.6. The molecule has 0 radical (unpaired) electrons. The van der Waals surface area contributed by atoms with Gasteiger partial charge in [-0.3, -0.25) is 19.2 Å². The Morgan fingerprint density at radius 1 is 0.828 bits per heavy atom. The molecule has 3 heterocycles. The third-order valence-electron chi connectivity index (χ3n) is 12.0. The van der Waals surface area contributed by atoms with Gasteiger partial charge in [0.1, 0.15) is 5.75 Å². The molecule has 328 valence electrons. The van der Waals surface area contributed by atoms with Crippen molar-refractivity contribution < 1.29 is 29.6 Å². The van der Waals surface area contributed by atoms with E-state index in [1.807, 2.05) is 42.5 Å². The van der Waals surface area contributed by atoms with Gasteiger partial charge in [-0.2, -0.15) is 5.10 Å². The van der Waals surface area contributed by atoms with E-state index in [-0.39, 0.29) is 54.0 Å². The number of phenols is 1. The Bertz CT molecular complexity index is 2770. The number of aliphatic hydroxyl groups excluding tert-OH is 1. The number of aromatic amines is 1. The van der Waals surface area contributed by atoms with E-state index in [4.69, 9.17) is 4.74 Å². The lowest BCUT2D eigenvalue weighted by Gasteiger charge is -2.33. The van der Waals surface area contributed by atoms with Crippen LogP contribution in [0.2, 0.25) is 0 Å². The Morgan fingerprint density at radius 2 is 1.52 bits per heavy atom. The van der Waals surface area contributed by atoms with Gasteiger partial charge in [0.25, 0.3) is 5.91 Å². The number of pyridine rings is 1. The minimum atomic E-state index is -2.08. The number of likely N-dealkylation sites (tertiary alicyclic amines) is 1. The van der Waals surface area contributed by atoms with Crippen LogP contribution >= 0.6 is 0 Å². The standard InChI is InChI=1S/C51H52N6O7/c1-56-44(28-43(55-56)49(61)53-30-35-17-15-34(16-18-35)29-52-31-46(59)41-19-21-45(58)48-42(41)20-22-47(60)54-48)38-11-8-14-40(27-38)51(63,39-12-6-3-7-13-39)50(62)64-33-37-23-25-57(26-24-37)32-36-9-4-2-5-10-36/h2-22,27-28,37,46,52,58-59,63H,23-26,29-33H2,1H3,(H,53,61)(H,54,60). The van der Waals surface area contributed by atoms with Gasteiger partial charge in [-0.25, -0.2) is 4.79 Å². The van der Waals surface area contributed by atoms with Crippen LogP contribution in [0.1, 0.15) is 62.8 Å². The first-order chi connectivity index (χ1) is 31.0. The largest absolute Gasteiger partial charge is 0.506 e. The lowest BCUT2D eigenvalue weighted by Crippen LogP contribution is -2.40. The topological polar surface area (TPSA) is 182 Å². The molecule has 7 aromatic rings. The molecule has 2 atom stereocenters. The van der Waals surface area contributed by atoms with Crippen molar-refractivity contribution in [3.8, 4) is 17.0 Å². The maximum absolute atomic E-state index is 14.0. The van der Waals surface area contributed by atoms with E-state index < -0.39 is 17.7 Å². The molecule has 1 aliphatic heterocycles.